The van der Waals surface area contributed by atoms with E-state index in [1.165, 1.54) is 11.1 Å². The number of benzene rings is 2. The summed E-state index contributed by atoms with van der Waals surface area (Å²) in [6.45, 7) is 4.31. The molecule has 2 heteroatoms. The van der Waals surface area contributed by atoms with Crippen LogP contribution in [0.3, 0.4) is 0 Å². The molecule has 0 heterocycles. The van der Waals surface area contributed by atoms with Crippen molar-refractivity contribution in [3.8, 4) is 0 Å². The van der Waals surface area contributed by atoms with Gasteiger partial charge in [0.2, 0.25) is 0 Å². The molecule has 98 valence electrons. The summed E-state index contributed by atoms with van der Waals surface area (Å²) in [6, 6.07) is 15.4. The van der Waals surface area contributed by atoms with Crippen LogP contribution in [0.1, 0.15) is 46.8 Å². The second-order valence-corrected chi connectivity index (χ2v) is 4.99. The van der Waals surface area contributed by atoms with Crippen molar-refractivity contribution >= 4 is 5.97 Å². The Balaban J connectivity index is 2.39. The van der Waals surface area contributed by atoms with Crippen LogP contribution in [-0.4, -0.2) is 11.1 Å². The maximum Gasteiger partial charge on any atom is 0.335 e. The van der Waals surface area contributed by atoms with Crippen LogP contribution >= 0.6 is 0 Å². The summed E-state index contributed by atoms with van der Waals surface area (Å²) in [5, 5.41) is 9.22. The normalized spacial score (nSPS) is 10.7. The van der Waals surface area contributed by atoms with Crippen molar-refractivity contribution in [3.05, 3.63) is 70.8 Å². The summed E-state index contributed by atoms with van der Waals surface area (Å²) < 4.78 is 0. The molecule has 0 aliphatic rings. The van der Waals surface area contributed by atoms with Crippen LogP contribution in [0.5, 0.6) is 0 Å². The Bertz CT molecular complexity index is 585. The fourth-order valence-electron chi connectivity index (χ4n) is 2.35. The first-order valence-corrected chi connectivity index (χ1v) is 6.48. The molecule has 0 aromatic heterocycles. The zero-order valence-corrected chi connectivity index (χ0v) is 11.3. The predicted molar refractivity (Wildman–Crippen MR) is 76.7 cm³/mol. The van der Waals surface area contributed by atoms with Gasteiger partial charge in [-0.2, -0.15) is 0 Å². The van der Waals surface area contributed by atoms with Gasteiger partial charge in [0.05, 0.1) is 5.56 Å². The molecule has 0 fully saturated rings. The fourth-order valence-corrected chi connectivity index (χ4v) is 2.35. The number of hydrogen-bond donors (Lipinski definition) is 1. The van der Waals surface area contributed by atoms with Crippen LogP contribution in [0.15, 0.2) is 48.5 Å². The molecule has 0 amide bonds. The van der Waals surface area contributed by atoms with Crippen molar-refractivity contribution in [1.29, 1.82) is 0 Å². The Labute approximate surface area is 113 Å². The summed E-state index contributed by atoms with van der Waals surface area (Å²) in [4.78, 5) is 11.2. The van der Waals surface area contributed by atoms with E-state index in [-0.39, 0.29) is 0 Å². The minimum absolute atomic E-state index is 0.390. The first-order valence-electron chi connectivity index (χ1n) is 6.48. The summed E-state index contributed by atoms with van der Waals surface area (Å²) in [5.74, 6) is -0.425. The van der Waals surface area contributed by atoms with Gasteiger partial charge in [0.1, 0.15) is 0 Å². The molecule has 0 spiro atoms. The molecule has 2 aromatic carbocycles. The molecule has 0 radical (unpaired) electrons. The van der Waals surface area contributed by atoms with E-state index in [0.29, 0.717) is 17.9 Å². The zero-order valence-electron chi connectivity index (χ0n) is 11.3. The van der Waals surface area contributed by atoms with E-state index in [1.807, 2.05) is 24.3 Å². The molecule has 0 unspecified atom stereocenters. The monoisotopic (exact) mass is 254 g/mol. The van der Waals surface area contributed by atoms with Crippen LogP contribution in [0.25, 0.3) is 0 Å². The lowest BCUT2D eigenvalue weighted by Gasteiger charge is -2.13. The molecule has 0 aliphatic heterocycles. The van der Waals surface area contributed by atoms with Gasteiger partial charge < -0.3 is 5.11 Å². The van der Waals surface area contributed by atoms with Gasteiger partial charge in [0.25, 0.3) is 0 Å². The molecule has 0 aliphatic carbocycles. The highest BCUT2D eigenvalue weighted by atomic mass is 16.4. The molecule has 1 N–H and O–H groups in total. The maximum atomic E-state index is 11.2. The Hall–Kier alpha value is -2.09. The molecular weight excluding hydrogens is 236 g/mol. The van der Waals surface area contributed by atoms with E-state index >= 15 is 0 Å². The fraction of sp³-hybridized carbons (Fsp3) is 0.235. The number of hydrogen-bond acceptors (Lipinski definition) is 1. The number of carboxylic acids is 1. The second kappa shape index (κ2) is 5.70. The van der Waals surface area contributed by atoms with E-state index in [1.54, 1.807) is 12.1 Å². The van der Waals surface area contributed by atoms with Crippen LogP contribution in [0, 0.1) is 0 Å². The standard InChI is InChI=1S/C17H18O2/c1-12(2)15-9-5-3-7-13(15)11-14-8-4-6-10-16(14)17(18)19/h3-10,12H,11H2,1-2H3,(H,18,19). The van der Waals surface area contributed by atoms with Crippen molar-refractivity contribution in [1.82, 2.24) is 0 Å². The number of rotatable bonds is 4. The van der Waals surface area contributed by atoms with E-state index in [9.17, 15) is 9.90 Å². The summed E-state index contributed by atoms with van der Waals surface area (Å²) in [5.41, 5.74) is 3.73. The first-order chi connectivity index (χ1) is 9.09. The van der Waals surface area contributed by atoms with Crippen LogP contribution in [0.4, 0.5) is 0 Å². The van der Waals surface area contributed by atoms with E-state index in [2.05, 4.69) is 26.0 Å². The second-order valence-electron chi connectivity index (χ2n) is 4.99. The smallest absolute Gasteiger partial charge is 0.335 e. The highest BCUT2D eigenvalue weighted by Gasteiger charge is 2.12. The Morgan fingerprint density at radius 1 is 1.00 bits per heavy atom. The van der Waals surface area contributed by atoms with Crippen LogP contribution in [0.2, 0.25) is 0 Å². The van der Waals surface area contributed by atoms with Gasteiger partial charge in [-0.3, -0.25) is 0 Å². The van der Waals surface area contributed by atoms with Gasteiger partial charge in [0.15, 0.2) is 0 Å². The van der Waals surface area contributed by atoms with E-state index in [0.717, 1.165) is 5.56 Å². The van der Waals surface area contributed by atoms with Gasteiger partial charge in [-0.25, -0.2) is 4.79 Å². The average molecular weight is 254 g/mol. The number of carboxylic acid groups (broad SMARTS) is 1. The van der Waals surface area contributed by atoms with Crippen molar-refractivity contribution in [2.24, 2.45) is 0 Å². The third kappa shape index (κ3) is 3.02. The van der Waals surface area contributed by atoms with Crippen molar-refractivity contribution < 1.29 is 9.90 Å². The molecule has 2 aromatic rings. The van der Waals surface area contributed by atoms with Gasteiger partial charge in [0, 0.05) is 0 Å². The van der Waals surface area contributed by atoms with Crippen molar-refractivity contribution in [2.75, 3.05) is 0 Å². The molecule has 2 nitrogen and oxygen atoms in total. The molecule has 0 saturated carbocycles. The third-order valence-corrected chi connectivity index (χ3v) is 3.31. The van der Waals surface area contributed by atoms with Crippen molar-refractivity contribution in [3.63, 3.8) is 0 Å². The van der Waals surface area contributed by atoms with Crippen LogP contribution < -0.4 is 0 Å². The molecule has 0 atom stereocenters. The Morgan fingerprint density at radius 3 is 2.21 bits per heavy atom. The maximum absolute atomic E-state index is 11.2. The lowest BCUT2D eigenvalue weighted by Crippen LogP contribution is -2.04. The lowest BCUT2D eigenvalue weighted by atomic mass is 9.91. The highest BCUT2D eigenvalue weighted by Crippen LogP contribution is 2.23. The molecule has 0 bridgehead atoms. The first kappa shape index (κ1) is 13.3. The number of aromatic carboxylic acids is 1. The highest BCUT2D eigenvalue weighted by molar-refractivity contribution is 5.89. The quantitative estimate of drug-likeness (QED) is 0.891. The molecule has 19 heavy (non-hydrogen) atoms. The van der Waals surface area contributed by atoms with E-state index in [4.69, 9.17) is 0 Å². The van der Waals surface area contributed by atoms with E-state index < -0.39 is 5.97 Å². The van der Waals surface area contributed by atoms with Gasteiger partial charge in [-0.15, -0.1) is 0 Å². The van der Waals surface area contributed by atoms with Gasteiger partial charge in [-0.1, -0.05) is 56.3 Å². The molecule has 2 rings (SSSR count). The minimum Gasteiger partial charge on any atom is -0.478 e. The Kier molecular flexibility index (Phi) is 4.00. The minimum atomic E-state index is -0.863. The summed E-state index contributed by atoms with van der Waals surface area (Å²) in [6.07, 6.45) is 0.664. The number of carbonyl (C=O) groups is 1. The average Bonchev–Trinajstić information content (AvgIpc) is 2.39. The molecular formula is C17H18O2. The Morgan fingerprint density at radius 2 is 1.58 bits per heavy atom. The topological polar surface area (TPSA) is 37.3 Å². The van der Waals surface area contributed by atoms with Crippen LogP contribution in [-0.2, 0) is 6.42 Å². The predicted octanol–water partition coefficient (Wildman–Crippen LogP) is 4.10. The van der Waals surface area contributed by atoms with Crippen molar-refractivity contribution in [2.45, 2.75) is 26.2 Å². The summed E-state index contributed by atoms with van der Waals surface area (Å²) in [7, 11) is 0. The van der Waals surface area contributed by atoms with Gasteiger partial charge >= 0.3 is 5.97 Å². The zero-order chi connectivity index (χ0) is 13.8. The molecule has 0 saturated heterocycles. The SMILES string of the molecule is CC(C)c1ccccc1Cc1ccccc1C(=O)O. The summed E-state index contributed by atoms with van der Waals surface area (Å²) >= 11 is 0. The lowest BCUT2D eigenvalue weighted by molar-refractivity contribution is 0.0696. The van der Waals surface area contributed by atoms with Gasteiger partial charge in [-0.05, 0) is 35.1 Å². The third-order valence-electron chi connectivity index (χ3n) is 3.31. The largest absolute Gasteiger partial charge is 0.478 e.